The van der Waals surface area contributed by atoms with E-state index in [1.165, 1.54) is 29.4 Å². The van der Waals surface area contributed by atoms with Crippen LogP contribution >= 0.6 is 0 Å². The molecule has 166 valence electrons. The van der Waals surface area contributed by atoms with Gasteiger partial charge in [0.1, 0.15) is 5.75 Å². The zero-order valence-electron chi connectivity index (χ0n) is 17.1. The van der Waals surface area contributed by atoms with E-state index < -0.39 is 11.9 Å². The van der Waals surface area contributed by atoms with Crippen LogP contribution in [0.15, 0.2) is 35.1 Å². The molecular formula is C20H22F3N5O3. The quantitative estimate of drug-likeness (QED) is 0.521. The van der Waals surface area contributed by atoms with E-state index in [-0.39, 0.29) is 29.6 Å². The van der Waals surface area contributed by atoms with Crippen molar-refractivity contribution in [1.82, 2.24) is 20.0 Å². The highest BCUT2D eigenvalue weighted by molar-refractivity contribution is 5.87. The minimum atomic E-state index is -4.59. The van der Waals surface area contributed by atoms with Crippen LogP contribution in [0, 0.1) is 0 Å². The maximum absolute atomic E-state index is 13.1. The van der Waals surface area contributed by atoms with Crippen molar-refractivity contribution in [1.29, 1.82) is 0 Å². The number of fused-ring (bicyclic) bond motifs is 1. The van der Waals surface area contributed by atoms with Crippen molar-refractivity contribution in [3.05, 3.63) is 41.9 Å². The normalized spacial score (nSPS) is 11.5. The molecule has 0 saturated carbocycles. The standard InChI is InChI=1S/C20H22F3N5O3/c1-3-6-13-15(8-7-14-16(13)31-27-17(14)20(21,22)23)30-12-5-11-28(2)19(29)26-18-24-9-4-10-25-18/h4,7-10H,3,5-6,11-12H2,1-2H3,(H,24,25,26,29). The number of aromatic nitrogens is 3. The van der Waals surface area contributed by atoms with Gasteiger partial charge in [0.05, 0.1) is 12.0 Å². The molecule has 11 heteroatoms. The van der Waals surface area contributed by atoms with Crippen LogP contribution in [0.1, 0.15) is 31.0 Å². The van der Waals surface area contributed by atoms with Crippen LogP contribution in [-0.2, 0) is 12.6 Å². The summed E-state index contributed by atoms with van der Waals surface area (Å²) >= 11 is 0. The van der Waals surface area contributed by atoms with Gasteiger partial charge in [-0.1, -0.05) is 18.5 Å². The van der Waals surface area contributed by atoms with Gasteiger partial charge in [-0.05, 0) is 31.0 Å². The Morgan fingerprint density at radius 3 is 2.68 bits per heavy atom. The predicted molar refractivity (Wildman–Crippen MR) is 107 cm³/mol. The van der Waals surface area contributed by atoms with Crippen molar-refractivity contribution in [2.24, 2.45) is 0 Å². The van der Waals surface area contributed by atoms with Gasteiger partial charge >= 0.3 is 12.2 Å². The molecule has 0 aliphatic heterocycles. The van der Waals surface area contributed by atoms with E-state index in [4.69, 9.17) is 9.26 Å². The van der Waals surface area contributed by atoms with Crippen LogP contribution in [0.2, 0.25) is 0 Å². The summed E-state index contributed by atoms with van der Waals surface area (Å²) in [5, 5.41) is 5.70. The monoisotopic (exact) mass is 437 g/mol. The fraction of sp³-hybridized carbons (Fsp3) is 0.400. The number of hydrogen-bond acceptors (Lipinski definition) is 6. The second kappa shape index (κ2) is 9.63. The van der Waals surface area contributed by atoms with Crippen molar-refractivity contribution in [3.63, 3.8) is 0 Å². The van der Waals surface area contributed by atoms with Crippen LogP contribution < -0.4 is 10.1 Å². The molecule has 0 unspecified atom stereocenters. The maximum atomic E-state index is 13.1. The van der Waals surface area contributed by atoms with Gasteiger partial charge < -0.3 is 14.2 Å². The number of rotatable bonds is 8. The molecule has 2 aromatic heterocycles. The molecule has 3 rings (SSSR count). The van der Waals surface area contributed by atoms with E-state index >= 15 is 0 Å². The first-order chi connectivity index (χ1) is 14.8. The Morgan fingerprint density at radius 2 is 2.00 bits per heavy atom. The van der Waals surface area contributed by atoms with Gasteiger partial charge in [-0.2, -0.15) is 13.2 Å². The third-order valence-electron chi connectivity index (χ3n) is 4.50. The van der Waals surface area contributed by atoms with Gasteiger partial charge in [-0.15, -0.1) is 0 Å². The number of amides is 2. The number of hydrogen-bond donors (Lipinski definition) is 1. The van der Waals surface area contributed by atoms with E-state index in [0.29, 0.717) is 37.1 Å². The summed E-state index contributed by atoms with van der Waals surface area (Å²) in [5.41, 5.74) is -0.400. The number of benzene rings is 1. The van der Waals surface area contributed by atoms with Gasteiger partial charge in [0.25, 0.3) is 0 Å². The first-order valence-electron chi connectivity index (χ1n) is 9.71. The van der Waals surface area contributed by atoms with Crippen LogP contribution in [-0.4, -0.2) is 46.3 Å². The third-order valence-corrected chi connectivity index (χ3v) is 4.50. The van der Waals surface area contributed by atoms with E-state index in [1.807, 2.05) is 6.92 Å². The lowest BCUT2D eigenvalue weighted by atomic mass is 10.0. The Hall–Kier alpha value is -3.37. The summed E-state index contributed by atoms with van der Waals surface area (Å²) in [6, 6.07) is 4.09. The van der Waals surface area contributed by atoms with Crippen LogP contribution in [0.5, 0.6) is 5.75 Å². The maximum Gasteiger partial charge on any atom is 0.437 e. The molecule has 0 saturated heterocycles. The van der Waals surface area contributed by atoms with E-state index in [9.17, 15) is 18.0 Å². The largest absolute Gasteiger partial charge is 0.493 e. The highest BCUT2D eigenvalue weighted by Gasteiger charge is 2.37. The van der Waals surface area contributed by atoms with E-state index in [1.54, 1.807) is 13.1 Å². The van der Waals surface area contributed by atoms with Gasteiger partial charge in [-0.25, -0.2) is 14.8 Å². The highest BCUT2D eigenvalue weighted by Crippen LogP contribution is 2.38. The number of nitrogens with zero attached hydrogens (tertiary/aromatic N) is 4. The number of carbonyl (C=O) groups excluding carboxylic acids is 1. The first-order valence-corrected chi connectivity index (χ1v) is 9.71. The number of halogens is 3. The molecule has 0 fully saturated rings. The molecule has 2 heterocycles. The predicted octanol–water partition coefficient (Wildman–Crippen LogP) is 4.52. The van der Waals surface area contributed by atoms with Crippen molar-refractivity contribution in [2.45, 2.75) is 32.4 Å². The fourth-order valence-corrected chi connectivity index (χ4v) is 3.01. The SMILES string of the molecule is CCCc1c(OCCCN(C)C(=O)Nc2ncccn2)ccc2c(C(F)(F)F)noc12. The first kappa shape index (κ1) is 22.3. The number of anilines is 1. The molecule has 0 radical (unpaired) electrons. The van der Waals surface area contributed by atoms with Crippen molar-refractivity contribution in [3.8, 4) is 5.75 Å². The molecule has 1 aromatic carbocycles. The molecular weight excluding hydrogens is 415 g/mol. The Kier molecular flexibility index (Phi) is 6.93. The third kappa shape index (κ3) is 5.41. The molecule has 0 spiro atoms. The summed E-state index contributed by atoms with van der Waals surface area (Å²) in [5.74, 6) is 0.655. The van der Waals surface area contributed by atoms with Crippen LogP contribution in [0.25, 0.3) is 11.0 Å². The second-order valence-electron chi connectivity index (χ2n) is 6.82. The molecule has 0 atom stereocenters. The van der Waals surface area contributed by atoms with Crippen LogP contribution in [0.4, 0.5) is 23.9 Å². The minimum Gasteiger partial charge on any atom is -0.493 e. The summed E-state index contributed by atoms with van der Waals surface area (Å²) in [6.07, 6.45) is 0.141. The number of aryl methyl sites for hydroxylation is 1. The molecule has 0 aliphatic carbocycles. The summed E-state index contributed by atoms with van der Waals surface area (Å²) < 4.78 is 50.1. The molecule has 0 aliphatic rings. The Balaban J connectivity index is 1.60. The van der Waals surface area contributed by atoms with Gasteiger partial charge in [0.15, 0.2) is 11.3 Å². The molecule has 1 N–H and O–H groups in total. The Labute approximate surface area is 176 Å². The lowest BCUT2D eigenvalue weighted by molar-refractivity contribution is -0.141. The topological polar surface area (TPSA) is 93.4 Å². The van der Waals surface area contributed by atoms with Crippen molar-refractivity contribution >= 4 is 22.9 Å². The average molecular weight is 437 g/mol. The van der Waals surface area contributed by atoms with E-state index in [0.717, 1.165) is 0 Å². The number of ether oxygens (including phenoxy) is 1. The molecule has 31 heavy (non-hydrogen) atoms. The number of nitrogens with one attached hydrogen (secondary N) is 1. The fourth-order valence-electron chi connectivity index (χ4n) is 3.01. The smallest absolute Gasteiger partial charge is 0.437 e. The van der Waals surface area contributed by atoms with Gasteiger partial charge in [0, 0.05) is 31.5 Å². The summed E-state index contributed by atoms with van der Waals surface area (Å²) in [7, 11) is 1.63. The van der Waals surface area contributed by atoms with Gasteiger partial charge in [0.2, 0.25) is 5.95 Å². The van der Waals surface area contributed by atoms with E-state index in [2.05, 4.69) is 20.4 Å². The molecule has 2 amide bonds. The minimum absolute atomic E-state index is 0.0807. The van der Waals surface area contributed by atoms with Crippen molar-refractivity contribution < 1.29 is 27.2 Å². The Morgan fingerprint density at radius 1 is 1.26 bits per heavy atom. The van der Waals surface area contributed by atoms with Crippen LogP contribution in [0.3, 0.4) is 0 Å². The lowest BCUT2D eigenvalue weighted by Crippen LogP contribution is -2.33. The van der Waals surface area contributed by atoms with Crippen molar-refractivity contribution in [2.75, 3.05) is 25.5 Å². The number of carbonyl (C=O) groups is 1. The summed E-state index contributed by atoms with van der Waals surface area (Å²) in [6.45, 7) is 2.57. The highest BCUT2D eigenvalue weighted by atomic mass is 19.4. The Bertz CT molecular complexity index is 1020. The number of urea groups is 1. The summed E-state index contributed by atoms with van der Waals surface area (Å²) in [4.78, 5) is 21.4. The average Bonchev–Trinajstić information content (AvgIpc) is 3.18. The number of alkyl halides is 3. The zero-order valence-corrected chi connectivity index (χ0v) is 17.1. The molecule has 8 nitrogen and oxygen atoms in total. The van der Waals surface area contributed by atoms with Gasteiger partial charge in [-0.3, -0.25) is 5.32 Å². The lowest BCUT2D eigenvalue weighted by Gasteiger charge is -2.17. The molecule has 0 bridgehead atoms. The zero-order chi connectivity index (χ0) is 22.4. The second-order valence-corrected chi connectivity index (χ2v) is 6.82. The molecule has 3 aromatic rings.